The molecule has 1 rings (SSSR count). The zero-order valence-electron chi connectivity index (χ0n) is 10.5. The van der Waals surface area contributed by atoms with Crippen LogP contribution in [0, 0.1) is 18.9 Å². The molecule has 12 heavy (non-hydrogen) atoms. The fraction of sp³-hybridized carbons (Fsp3) is 0.455. The maximum Gasteiger partial charge on any atom is 2.00 e. The van der Waals surface area contributed by atoms with E-state index in [9.17, 15) is 0 Å². The van der Waals surface area contributed by atoms with E-state index in [0.29, 0.717) is 0 Å². The monoisotopic (exact) mass is 251 g/mol. The van der Waals surface area contributed by atoms with Crippen molar-refractivity contribution in [2.24, 2.45) is 0 Å². The molecule has 0 amide bonds. The first-order chi connectivity index (χ1) is 5.33. The minimum atomic E-state index is 0. The van der Waals surface area contributed by atoms with Crippen molar-refractivity contribution >= 4 is 0 Å². The van der Waals surface area contributed by atoms with Gasteiger partial charge >= 0.3 is 21.1 Å². The van der Waals surface area contributed by atoms with Gasteiger partial charge in [0.15, 0.2) is 0 Å². The fourth-order valence-corrected chi connectivity index (χ4v) is 0.340. The van der Waals surface area contributed by atoms with Crippen LogP contribution in [0.25, 0.3) is 0 Å². The van der Waals surface area contributed by atoms with E-state index in [1.807, 2.05) is 52.7 Å². The van der Waals surface area contributed by atoms with E-state index < -0.39 is 0 Å². The van der Waals surface area contributed by atoms with Crippen molar-refractivity contribution in [3.63, 3.8) is 0 Å². The van der Waals surface area contributed by atoms with Gasteiger partial charge in [-0.25, -0.2) is 12.2 Å². The molecule has 0 fully saturated rings. The third-order valence-corrected chi connectivity index (χ3v) is 0.586. The molecule has 0 radical (unpaired) electrons. The number of rotatable bonds is 0. The predicted molar refractivity (Wildman–Crippen MR) is 55.1 cm³/mol. The van der Waals surface area contributed by atoms with Gasteiger partial charge in [0.1, 0.15) is 0 Å². The Kier molecular flexibility index (Phi) is 33.8. The number of hydrogen-bond acceptors (Lipinski definition) is 0. The van der Waals surface area contributed by atoms with Crippen molar-refractivity contribution in [2.75, 3.05) is 0 Å². The minimum Gasteiger partial charge on any atom is -1.00 e. The molecule has 1 aliphatic carbocycles. The zero-order valence-corrected chi connectivity index (χ0v) is 10.5. The summed E-state index contributed by atoms with van der Waals surface area (Å²) in [5, 5.41) is 0. The first kappa shape index (κ1) is 18.1. The third-order valence-electron chi connectivity index (χ3n) is 0.586. The van der Waals surface area contributed by atoms with E-state index >= 15 is 0 Å². The molecule has 0 saturated heterocycles. The van der Waals surface area contributed by atoms with Gasteiger partial charge < -0.3 is 15.7 Å². The predicted octanol–water partition coefficient (Wildman–Crippen LogP) is 3.99. The standard InChI is InChI=1S/C5H5.2C3H7.Mo.2H/c1-2-4-5-3-1;2*1-3-2;;;/h1-3H,4H2;2*3H,1-2H3;;;/q3*-1;+2;2*-1. The Morgan fingerprint density at radius 1 is 1.17 bits per heavy atom. The summed E-state index contributed by atoms with van der Waals surface area (Å²) in [5.74, 6) is 0. The molecule has 0 aromatic heterocycles. The topological polar surface area (TPSA) is 0 Å². The van der Waals surface area contributed by atoms with Gasteiger partial charge in [-0.1, -0.05) is 0 Å². The maximum absolute atomic E-state index is 2.99. The van der Waals surface area contributed by atoms with Crippen LogP contribution in [0.3, 0.4) is 0 Å². The minimum absolute atomic E-state index is 0. The molecular weight excluding hydrogens is 228 g/mol. The summed E-state index contributed by atoms with van der Waals surface area (Å²) >= 11 is 0. The summed E-state index contributed by atoms with van der Waals surface area (Å²) in [6.07, 6.45) is 14.0. The Hall–Kier alpha value is 0.168. The van der Waals surface area contributed by atoms with Gasteiger partial charge in [0, 0.05) is 0 Å². The summed E-state index contributed by atoms with van der Waals surface area (Å²) in [7, 11) is 0. The average Bonchev–Trinajstić information content (AvgIpc) is 2.44. The van der Waals surface area contributed by atoms with E-state index in [2.05, 4.69) is 12.2 Å². The summed E-state index contributed by atoms with van der Waals surface area (Å²) in [6.45, 7) is 8.00. The van der Waals surface area contributed by atoms with Gasteiger partial charge in [-0.05, 0) is 0 Å². The van der Waals surface area contributed by atoms with Crippen molar-refractivity contribution in [3.8, 4) is 0 Å². The summed E-state index contributed by atoms with van der Waals surface area (Å²) < 4.78 is 0. The van der Waals surface area contributed by atoms with Crippen LogP contribution in [0.15, 0.2) is 18.2 Å². The Labute approximate surface area is 95.4 Å². The average molecular weight is 249 g/mol. The molecule has 0 atom stereocenters. The van der Waals surface area contributed by atoms with Crippen LogP contribution in [0.1, 0.15) is 37.0 Å². The van der Waals surface area contributed by atoms with E-state index in [1.165, 1.54) is 0 Å². The molecule has 1 aliphatic rings. The molecule has 0 heterocycles. The Bertz CT molecular complexity index is 89.5. The molecule has 0 aliphatic heterocycles. The van der Waals surface area contributed by atoms with Crippen LogP contribution in [-0.2, 0) is 21.1 Å². The largest absolute Gasteiger partial charge is 2.00 e. The smallest absolute Gasteiger partial charge is 1.00 e. The second-order valence-corrected chi connectivity index (χ2v) is 2.16. The Balaban J connectivity index is -0.0000000276. The summed E-state index contributed by atoms with van der Waals surface area (Å²) in [4.78, 5) is 0. The molecule has 0 N–H and O–H groups in total. The summed E-state index contributed by atoms with van der Waals surface area (Å²) in [5.41, 5.74) is 0. The second kappa shape index (κ2) is 22.5. The fourth-order valence-electron chi connectivity index (χ4n) is 0.340. The quantitative estimate of drug-likeness (QED) is 0.450. The normalized spacial score (nSPS) is 10.3. The van der Waals surface area contributed by atoms with Crippen molar-refractivity contribution in [2.45, 2.75) is 34.1 Å². The van der Waals surface area contributed by atoms with Crippen molar-refractivity contribution in [3.05, 3.63) is 37.1 Å². The van der Waals surface area contributed by atoms with E-state index in [4.69, 9.17) is 0 Å². The number of allylic oxidation sites excluding steroid dienone is 4. The number of hydrogen-bond donors (Lipinski definition) is 0. The van der Waals surface area contributed by atoms with Crippen LogP contribution in [0.2, 0.25) is 0 Å². The van der Waals surface area contributed by atoms with Crippen molar-refractivity contribution < 1.29 is 23.9 Å². The molecule has 1 heteroatoms. The molecule has 0 unspecified atom stereocenters. The van der Waals surface area contributed by atoms with Gasteiger partial charge in [0.05, 0.1) is 0 Å². The van der Waals surface area contributed by atoms with Gasteiger partial charge in [0.25, 0.3) is 0 Å². The van der Waals surface area contributed by atoms with Crippen LogP contribution >= 0.6 is 0 Å². The van der Waals surface area contributed by atoms with E-state index in [0.717, 1.165) is 6.42 Å². The van der Waals surface area contributed by atoms with E-state index in [1.54, 1.807) is 0 Å². The molecule has 0 aromatic carbocycles. The Morgan fingerprint density at radius 2 is 1.58 bits per heavy atom. The van der Waals surface area contributed by atoms with Crippen LogP contribution in [0.5, 0.6) is 0 Å². The molecule has 0 spiro atoms. The van der Waals surface area contributed by atoms with Crippen LogP contribution in [0.4, 0.5) is 0 Å². The van der Waals surface area contributed by atoms with Crippen molar-refractivity contribution in [1.29, 1.82) is 0 Å². The third kappa shape index (κ3) is 32.0. The van der Waals surface area contributed by atoms with Crippen molar-refractivity contribution in [1.82, 2.24) is 0 Å². The molecule has 0 bridgehead atoms. The summed E-state index contributed by atoms with van der Waals surface area (Å²) in [6, 6.07) is 0. The van der Waals surface area contributed by atoms with Crippen LogP contribution in [-0.4, -0.2) is 0 Å². The molecule has 0 aromatic rings. The second-order valence-electron chi connectivity index (χ2n) is 2.16. The van der Waals surface area contributed by atoms with Gasteiger partial charge in [-0.15, -0.1) is 6.42 Å². The Morgan fingerprint density at radius 3 is 1.67 bits per heavy atom. The molecule has 0 saturated carbocycles. The van der Waals surface area contributed by atoms with Gasteiger partial charge in [-0.3, -0.25) is 6.08 Å². The molecular formula is C11H21Mo-3. The molecule has 74 valence electrons. The van der Waals surface area contributed by atoms with E-state index in [-0.39, 0.29) is 23.9 Å². The maximum atomic E-state index is 2.99. The zero-order chi connectivity index (χ0) is 8.95. The van der Waals surface area contributed by atoms with Crippen LogP contribution < -0.4 is 0 Å². The first-order valence-corrected chi connectivity index (χ1v) is 4.03. The van der Waals surface area contributed by atoms with Gasteiger partial charge in [-0.2, -0.15) is 33.8 Å². The molecule has 0 nitrogen and oxygen atoms in total. The first-order valence-electron chi connectivity index (χ1n) is 4.03. The van der Waals surface area contributed by atoms with Gasteiger partial charge in [0.2, 0.25) is 0 Å². The SMILES string of the molecule is C[CH-]C.C[CH-]C.[C-]1=CC=CC1.[H-].[H-].[Mo+2].